The second-order valence-corrected chi connectivity index (χ2v) is 8.62. The van der Waals surface area contributed by atoms with Gasteiger partial charge in [0.05, 0.1) is 29.9 Å². The van der Waals surface area contributed by atoms with Crippen molar-refractivity contribution < 1.29 is 14.3 Å². The topological polar surface area (TPSA) is 68.3 Å². The summed E-state index contributed by atoms with van der Waals surface area (Å²) in [6.07, 6.45) is 0.228. The summed E-state index contributed by atoms with van der Waals surface area (Å²) in [5.41, 5.74) is 1.73. The normalized spacial score (nSPS) is 10.6. The molecule has 3 aromatic rings. The predicted octanol–water partition coefficient (Wildman–Crippen LogP) is 4.05. The van der Waals surface area contributed by atoms with Gasteiger partial charge in [-0.15, -0.1) is 22.7 Å². The number of methoxy groups -OCH3 is 1. The lowest BCUT2D eigenvalue weighted by Crippen LogP contribution is -2.24. The van der Waals surface area contributed by atoms with Gasteiger partial charge in [0.25, 0.3) is 0 Å². The van der Waals surface area contributed by atoms with Gasteiger partial charge in [0, 0.05) is 11.9 Å². The third kappa shape index (κ3) is 5.92. The van der Waals surface area contributed by atoms with Crippen LogP contribution < -0.4 is 10.1 Å². The maximum absolute atomic E-state index is 12.1. The van der Waals surface area contributed by atoms with Crippen LogP contribution in [0.5, 0.6) is 5.75 Å². The number of carbonyl (C=O) groups is 2. The third-order valence-electron chi connectivity index (χ3n) is 3.64. The molecule has 2 aromatic heterocycles. The van der Waals surface area contributed by atoms with E-state index in [-0.39, 0.29) is 18.1 Å². The number of hydrogen-bond donors (Lipinski definition) is 1. The summed E-state index contributed by atoms with van der Waals surface area (Å²) in [6.45, 7) is 0.462. The molecule has 1 N–H and O–H groups in total. The number of amides is 1. The van der Waals surface area contributed by atoms with Gasteiger partial charge < -0.3 is 10.1 Å². The molecule has 1 amide bonds. The molecule has 0 bridgehead atoms. The van der Waals surface area contributed by atoms with E-state index in [1.165, 1.54) is 34.4 Å². The fraction of sp³-hybridized carbons (Fsp3) is 0.211. The Morgan fingerprint density at radius 1 is 1.19 bits per heavy atom. The summed E-state index contributed by atoms with van der Waals surface area (Å²) in [6, 6.07) is 11.3. The highest BCUT2D eigenvalue weighted by atomic mass is 32.2. The lowest BCUT2D eigenvalue weighted by atomic mass is 10.2. The average Bonchev–Trinajstić information content (AvgIpc) is 3.37. The first-order valence-corrected chi connectivity index (χ1v) is 10.9. The number of hydrogen-bond acceptors (Lipinski definition) is 7. The minimum absolute atomic E-state index is 0.0812. The zero-order chi connectivity index (χ0) is 19.1. The lowest BCUT2D eigenvalue weighted by molar-refractivity contribution is -0.120. The number of nitrogens with zero attached hydrogens (tertiary/aromatic N) is 1. The van der Waals surface area contributed by atoms with E-state index in [0.717, 1.165) is 26.2 Å². The number of aromatic nitrogens is 1. The summed E-state index contributed by atoms with van der Waals surface area (Å²) in [7, 11) is 1.62. The molecule has 0 saturated heterocycles. The van der Waals surface area contributed by atoms with Crippen molar-refractivity contribution in [2.75, 3.05) is 12.9 Å². The van der Waals surface area contributed by atoms with Crippen LogP contribution in [-0.4, -0.2) is 29.5 Å². The van der Waals surface area contributed by atoms with Crippen LogP contribution in [0.1, 0.15) is 20.9 Å². The van der Waals surface area contributed by atoms with Crippen LogP contribution in [-0.2, 0) is 17.8 Å². The minimum atomic E-state index is -0.0812. The number of nitrogens with one attached hydrogen (secondary N) is 1. The van der Waals surface area contributed by atoms with Crippen molar-refractivity contribution in [1.29, 1.82) is 0 Å². The van der Waals surface area contributed by atoms with Crippen molar-refractivity contribution in [1.82, 2.24) is 10.3 Å². The zero-order valence-electron chi connectivity index (χ0n) is 14.6. The van der Waals surface area contributed by atoms with Crippen LogP contribution in [0.2, 0.25) is 0 Å². The van der Waals surface area contributed by atoms with Crippen molar-refractivity contribution >= 4 is 46.1 Å². The molecule has 0 aliphatic carbocycles. The van der Waals surface area contributed by atoms with Crippen molar-refractivity contribution in [3.63, 3.8) is 0 Å². The van der Waals surface area contributed by atoms with Crippen LogP contribution in [0.15, 0.2) is 51.5 Å². The Balaban J connectivity index is 1.43. The molecule has 27 heavy (non-hydrogen) atoms. The van der Waals surface area contributed by atoms with Gasteiger partial charge in [-0.1, -0.05) is 30.0 Å². The number of Topliss-reactive ketones (excluding diaryl/α,β-unsaturated/α-hetero) is 1. The number of thioether (sulfide) groups is 1. The second kappa shape index (κ2) is 9.68. The van der Waals surface area contributed by atoms with E-state index in [4.69, 9.17) is 4.74 Å². The van der Waals surface area contributed by atoms with E-state index in [2.05, 4.69) is 10.3 Å². The van der Waals surface area contributed by atoms with E-state index in [1.807, 2.05) is 47.2 Å². The molecule has 1 aromatic carbocycles. The van der Waals surface area contributed by atoms with E-state index >= 15 is 0 Å². The number of rotatable bonds is 9. The molecule has 0 fully saturated rings. The van der Waals surface area contributed by atoms with Crippen molar-refractivity contribution in [3.8, 4) is 5.75 Å². The maximum Gasteiger partial charge on any atom is 0.226 e. The molecular weight excluding hydrogens is 400 g/mol. The average molecular weight is 419 g/mol. The molecule has 0 aliphatic rings. The van der Waals surface area contributed by atoms with Crippen molar-refractivity contribution in [2.45, 2.75) is 17.3 Å². The van der Waals surface area contributed by atoms with Crippen LogP contribution in [0.25, 0.3) is 0 Å². The molecule has 0 unspecified atom stereocenters. The molecule has 0 atom stereocenters. The molecular formula is C19H18N2O3S3. The van der Waals surface area contributed by atoms with E-state index in [0.29, 0.717) is 12.3 Å². The number of thiophene rings is 1. The maximum atomic E-state index is 12.1. The number of ether oxygens (including phenoxy) is 1. The van der Waals surface area contributed by atoms with E-state index in [1.54, 1.807) is 7.11 Å². The second-order valence-electron chi connectivity index (χ2n) is 5.60. The molecule has 0 radical (unpaired) electrons. The fourth-order valence-corrected chi connectivity index (χ4v) is 4.73. The molecule has 0 saturated carbocycles. The first kappa shape index (κ1) is 19.6. The number of thiazole rings is 1. The van der Waals surface area contributed by atoms with Crippen LogP contribution in [0.3, 0.4) is 0 Å². The van der Waals surface area contributed by atoms with Gasteiger partial charge in [0.1, 0.15) is 5.75 Å². The Labute approximate surface area is 169 Å². The summed E-state index contributed by atoms with van der Waals surface area (Å²) in [4.78, 5) is 29.3. The predicted molar refractivity (Wildman–Crippen MR) is 110 cm³/mol. The van der Waals surface area contributed by atoms with Crippen LogP contribution in [0.4, 0.5) is 0 Å². The SMILES string of the molecule is COc1ccc(CNC(=O)Cc2csc(SCC(=O)c3cccs3)n2)cc1. The molecule has 0 aliphatic heterocycles. The Kier molecular flexibility index (Phi) is 7.03. The number of carbonyl (C=O) groups excluding carboxylic acids is 2. The Hall–Kier alpha value is -2.16. The first-order chi connectivity index (χ1) is 13.1. The smallest absolute Gasteiger partial charge is 0.226 e. The minimum Gasteiger partial charge on any atom is -0.497 e. The largest absolute Gasteiger partial charge is 0.497 e. The highest BCUT2D eigenvalue weighted by Gasteiger charge is 2.11. The Morgan fingerprint density at radius 3 is 2.70 bits per heavy atom. The fourth-order valence-electron chi connectivity index (χ4n) is 2.24. The molecule has 140 valence electrons. The molecule has 3 rings (SSSR count). The first-order valence-electron chi connectivity index (χ1n) is 8.17. The highest BCUT2D eigenvalue weighted by Crippen LogP contribution is 2.24. The van der Waals surface area contributed by atoms with Gasteiger partial charge in [0.15, 0.2) is 10.1 Å². The Bertz CT molecular complexity index is 889. The van der Waals surface area contributed by atoms with Crippen LogP contribution in [0, 0.1) is 0 Å². The summed E-state index contributed by atoms with van der Waals surface area (Å²) < 4.78 is 5.92. The molecule has 8 heteroatoms. The molecule has 5 nitrogen and oxygen atoms in total. The van der Waals surface area contributed by atoms with Gasteiger partial charge in [-0.2, -0.15) is 0 Å². The van der Waals surface area contributed by atoms with E-state index in [9.17, 15) is 9.59 Å². The van der Waals surface area contributed by atoms with Crippen molar-refractivity contribution in [2.24, 2.45) is 0 Å². The van der Waals surface area contributed by atoms with Gasteiger partial charge in [-0.05, 0) is 29.1 Å². The molecule has 2 heterocycles. The highest BCUT2D eigenvalue weighted by molar-refractivity contribution is 8.01. The van der Waals surface area contributed by atoms with Gasteiger partial charge in [-0.25, -0.2) is 4.98 Å². The summed E-state index contributed by atoms with van der Waals surface area (Å²) in [5.74, 6) is 1.17. The number of ketones is 1. The summed E-state index contributed by atoms with van der Waals surface area (Å²) in [5, 5.41) is 6.65. The summed E-state index contributed by atoms with van der Waals surface area (Å²) >= 11 is 4.31. The van der Waals surface area contributed by atoms with Crippen LogP contribution >= 0.6 is 34.4 Å². The van der Waals surface area contributed by atoms with Crippen molar-refractivity contribution in [3.05, 3.63) is 63.3 Å². The van der Waals surface area contributed by atoms with Gasteiger partial charge in [-0.3, -0.25) is 9.59 Å². The monoisotopic (exact) mass is 418 g/mol. The van der Waals surface area contributed by atoms with E-state index < -0.39 is 0 Å². The quantitative estimate of drug-likeness (QED) is 0.419. The Morgan fingerprint density at radius 2 is 2.00 bits per heavy atom. The zero-order valence-corrected chi connectivity index (χ0v) is 17.1. The lowest BCUT2D eigenvalue weighted by Gasteiger charge is -2.05. The molecule has 0 spiro atoms. The number of benzene rings is 1. The standard InChI is InChI=1S/C19H18N2O3S3/c1-24-15-6-4-13(5-7-15)10-20-18(23)9-14-11-26-19(21-14)27-12-16(22)17-3-2-8-25-17/h2-8,11H,9-10,12H2,1H3,(H,20,23). The van der Waals surface area contributed by atoms with Gasteiger partial charge in [0.2, 0.25) is 5.91 Å². The third-order valence-corrected chi connectivity index (χ3v) is 6.62. The van der Waals surface area contributed by atoms with Gasteiger partial charge >= 0.3 is 0 Å².